The van der Waals surface area contributed by atoms with E-state index in [1.165, 1.54) is 11.6 Å². The van der Waals surface area contributed by atoms with E-state index in [1.54, 1.807) is 17.4 Å². The molecule has 0 fully saturated rings. The fourth-order valence-electron chi connectivity index (χ4n) is 1.99. The molecule has 0 saturated carbocycles. The van der Waals surface area contributed by atoms with Crippen LogP contribution in [0.2, 0.25) is 0 Å². The Balaban J connectivity index is 1.96. The topological polar surface area (TPSA) is 38.0 Å². The van der Waals surface area contributed by atoms with Crippen molar-refractivity contribution in [2.24, 2.45) is 5.84 Å². The molecular weight excluding hydrogens is 266 g/mol. The average molecular weight is 282 g/mol. The quantitative estimate of drug-likeness (QED) is 0.631. The van der Waals surface area contributed by atoms with Gasteiger partial charge in [-0.25, -0.2) is 8.78 Å². The Bertz CT molecular complexity index is 514. The van der Waals surface area contributed by atoms with Crippen LogP contribution in [0.15, 0.2) is 35.0 Å². The van der Waals surface area contributed by atoms with Crippen molar-refractivity contribution in [2.45, 2.75) is 25.3 Å². The van der Waals surface area contributed by atoms with Crippen LogP contribution in [-0.4, -0.2) is 6.04 Å². The van der Waals surface area contributed by atoms with Crippen LogP contribution >= 0.6 is 11.3 Å². The lowest BCUT2D eigenvalue weighted by molar-refractivity contribution is 0.461. The van der Waals surface area contributed by atoms with E-state index in [0.717, 1.165) is 18.9 Å². The maximum Gasteiger partial charge on any atom is 0.162 e. The lowest BCUT2D eigenvalue weighted by atomic mass is 10.00. The van der Waals surface area contributed by atoms with Crippen LogP contribution in [0.4, 0.5) is 8.78 Å². The Hall–Kier alpha value is -1.30. The monoisotopic (exact) mass is 282 g/mol. The lowest BCUT2D eigenvalue weighted by Gasteiger charge is -2.16. The SMILES string of the molecule is NNC(CCc1ccsc1)Cc1cccc(F)c1F. The highest BCUT2D eigenvalue weighted by atomic mass is 32.1. The summed E-state index contributed by atoms with van der Waals surface area (Å²) in [5, 5.41) is 4.10. The van der Waals surface area contributed by atoms with Crippen molar-refractivity contribution < 1.29 is 8.78 Å². The van der Waals surface area contributed by atoms with Gasteiger partial charge >= 0.3 is 0 Å². The van der Waals surface area contributed by atoms with E-state index in [2.05, 4.69) is 16.9 Å². The molecule has 0 aliphatic rings. The van der Waals surface area contributed by atoms with E-state index >= 15 is 0 Å². The average Bonchev–Trinajstić information content (AvgIpc) is 2.92. The van der Waals surface area contributed by atoms with Crippen molar-refractivity contribution in [2.75, 3.05) is 0 Å². The van der Waals surface area contributed by atoms with Crippen molar-refractivity contribution in [3.8, 4) is 0 Å². The molecule has 0 radical (unpaired) electrons. The number of hydrogen-bond donors (Lipinski definition) is 2. The van der Waals surface area contributed by atoms with Crippen LogP contribution in [0.3, 0.4) is 0 Å². The molecule has 2 aromatic rings. The molecule has 1 atom stereocenters. The van der Waals surface area contributed by atoms with E-state index in [4.69, 9.17) is 5.84 Å². The van der Waals surface area contributed by atoms with Crippen molar-refractivity contribution in [3.05, 3.63) is 57.8 Å². The number of nitrogens with two attached hydrogens (primary N) is 1. The van der Waals surface area contributed by atoms with E-state index < -0.39 is 11.6 Å². The Morgan fingerprint density at radius 3 is 2.79 bits per heavy atom. The summed E-state index contributed by atoms with van der Waals surface area (Å²) in [4.78, 5) is 0. The highest BCUT2D eigenvalue weighted by molar-refractivity contribution is 7.07. The summed E-state index contributed by atoms with van der Waals surface area (Å²) >= 11 is 1.65. The summed E-state index contributed by atoms with van der Waals surface area (Å²) in [6, 6.07) is 6.21. The van der Waals surface area contributed by atoms with E-state index in [-0.39, 0.29) is 6.04 Å². The number of benzene rings is 1. The van der Waals surface area contributed by atoms with Gasteiger partial charge in [-0.2, -0.15) is 11.3 Å². The first-order chi connectivity index (χ1) is 9.20. The zero-order valence-electron chi connectivity index (χ0n) is 10.4. The number of thiophene rings is 1. The highest BCUT2D eigenvalue weighted by Crippen LogP contribution is 2.16. The van der Waals surface area contributed by atoms with Gasteiger partial charge in [0.1, 0.15) is 0 Å². The van der Waals surface area contributed by atoms with Crippen LogP contribution in [0.1, 0.15) is 17.5 Å². The molecule has 0 saturated heterocycles. The summed E-state index contributed by atoms with van der Waals surface area (Å²) in [6.45, 7) is 0. The van der Waals surface area contributed by atoms with Crippen LogP contribution in [-0.2, 0) is 12.8 Å². The molecule has 0 spiro atoms. The van der Waals surface area contributed by atoms with Gasteiger partial charge in [-0.15, -0.1) is 0 Å². The molecule has 0 aliphatic carbocycles. The van der Waals surface area contributed by atoms with Gasteiger partial charge in [0.05, 0.1) is 0 Å². The molecule has 19 heavy (non-hydrogen) atoms. The number of hydrazine groups is 1. The minimum Gasteiger partial charge on any atom is -0.271 e. The maximum absolute atomic E-state index is 13.6. The van der Waals surface area contributed by atoms with Gasteiger partial charge in [0.25, 0.3) is 0 Å². The standard InChI is InChI=1S/C14H16F2N2S/c15-13-3-1-2-11(14(13)16)8-12(18-17)5-4-10-6-7-19-9-10/h1-3,6-7,9,12,18H,4-5,8,17H2. The van der Waals surface area contributed by atoms with Gasteiger partial charge in [-0.3, -0.25) is 11.3 Å². The molecule has 5 heteroatoms. The zero-order valence-corrected chi connectivity index (χ0v) is 11.2. The predicted octanol–water partition coefficient (Wildman–Crippen LogP) is 3.03. The minimum absolute atomic E-state index is 0.0730. The van der Waals surface area contributed by atoms with Gasteiger partial charge in [0, 0.05) is 6.04 Å². The molecule has 2 rings (SSSR count). The second-order valence-electron chi connectivity index (χ2n) is 4.45. The fraction of sp³-hybridized carbons (Fsp3) is 0.286. The number of nitrogens with one attached hydrogen (secondary N) is 1. The molecule has 1 unspecified atom stereocenters. The summed E-state index contributed by atoms with van der Waals surface area (Å²) < 4.78 is 26.7. The Kier molecular flexibility index (Phi) is 5.01. The Morgan fingerprint density at radius 1 is 1.26 bits per heavy atom. The van der Waals surface area contributed by atoms with Gasteiger partial charge in [0.2, 0.25) is 0 Å². The van der Waals surface area contributed by atoms with Crippen molar-refractivity contribution in [1.82, 2.24) is 5.43 Å². The van der Waals surface area contributed by atoms with Gasteiger partial charge in [-0.05, 0) is 53.3 Å². The van der Waals surface area contributed by atoms with Crippen molar-refractivity contribution in [3.63, 3.8) is 0 Å². The summed E-state index contributed by atoms with van der Waals surface area (Å²) in [5.74, 6) is 3.89. The van der Waals surface area contributed by atoms with E-state index in [9.17, 15) is 8.78 Å². The van der Waals surface area contributed by atoms with Gasteiger partial charge in [0.15, 0.2) is 11.6 Å². The van der Waals surface area contributed by atoms with Crippen molar-refractivity contribution >= 4 is 11.3 Å². The third-order valence-corrected chi connectivity index (χ3v) is 3.83. The second kappa shape index (κ2) is 6.75. The molecule has 1 aromatic heterocycles. The Labute approximate surface area is 115 Å². The number of halogens is 2. The number of hydrogen-bond acceptors (Lipinski definition) is 3. The highest BCUT2D eigenvalue weighted by Gasteiger charge is 2.13. The molecular formula is C14H16F2N2S. The summed E-state index contributed by atoms with van der Waals surface area (Å²) in [7, 11) is 0. The molecule has 2 nitrogen and oxygen atoms in total. The van der Waals surface area contributed by atoms with Gasteiger partial charge < -0.3 is 0 Å². The summed E-state index contributed by atoms with van der Waals surface area (Å²) in [6.07, 6.45) is 2.03. The first-order valence-electron chi connectivity index (χ1n) is 6.11. The molecule has 102 valence electrons. The molecule has 1 heterocycles. The van der Waals surface area contributed by atoms with Crippen LogP contribution in [0.5, 0.6) is 0 Å². The number of rotatable bonds is 6. The second-order valence-corrected chi connectivity index (χ2v) is 5.23. The van der Waals surface area contributed by atoms with Crippen LogP contribution in [0.25, 0.3) is 0 Å². The molecule has 1 aromatic carbocycles. The smallest absolute Gasteiger partial charge is 0.162 e. The van der Waals surface area contributed by atoms with Crippen LogP contribution in [0, 0.1) is 11.6 Å². The molecule has 0 amide bonds. The maximum atomic E-state index is 13.6. The van der Waals surface area contributed by atoms with Gasteiger partial charge in [-0.1, -0.05) is 12.1 Å². The summed E-state index contributed by atoms with van der Waals surface area (Å²) in [5.41, 5.74) is 4.27. The number of aryl methyl sites for hydroxylation is 1. The normalized spacial score (nSPS) is 12.6. The third-order valence-electron chi connectivity index (χ3n) is 3.10. The molecule has 3 N–H and O–H groups in total. The largest absolute Gasteiger partial charge is 0.271 e. The van der Waals surface area contributed by atoms with Crippen LogP contribution < -0.4 is 11.3 Å². The first-order valence-corrected chi connectivity index (χ1v) is 7.05. The third kappa shape index (κ3) is 3.83. The fourth-order valence-corrected chi connectivity index (χ4v) is 2.69. The van der Waals surface area contributed by atoms with E-state index in [0.29, 0.717) is 12.0 Å². The minimum atomic E-state index is -0.814. The molecule has 0 aliphatic heterocycles. The predicted molar refractivity (Wildman–Crippen MR) is 73.8 cm³/mol. The first kappa shape index (κ1) is 14.1. The Morgan fingerprint density at radius 2 is 2.11 bits per heavy atom. The lowest BCUT2D eigenvalue weighted by Crippen LogP contribution is -2.37. The van der Waals surface area contributed by atoms with E-state index in [1.807, 2.05) is 5.38 Å². The van der Waals surface area contributed by atoms with Crippen molar-refractivity contribution in [1.29, 1.82) is 0 Å². The zero-order chi connectivity index (χ0) is 13.7. The molecule has 0 bridgehead atoms.